The minimum absolute atomic E-state index is 0.320. The Labute approximate surface area is 57.8 Å². The molecule has 2 nitrogen and oxygen atoms in total. The van der Waals surface area contributed by atoms with Crippen LogP contribution >= 0.6 is 0 Å². The molecule has 10 heavy (non-hydrogen) atoms. The van der Waals surface area contributed by atoms with E-state index in [1.165, 1.54) is 6.92 Å². The van der Waals surface area contributed by atoms with Crippen molar-refractivity contribution in [3.05, 3.63) is 0 Å². The fraction of sp³-hybridized carbons (Fsp3) is 1.00. The maximum atomic E-state index is 12.5. The van der Waals surface area contributed by atoms with E-state index >= 15 is 0 Å². The van der Waals surface area contributed by atoms with Crippen molar-refractivity contribution in [3.63, 3.8) is 0 Å². The van der Waals surface area contributed by atoms with Gasteiger partial charge in [0.25, 0.3) is 5.92 Å². The lowest BCUT2D eigenvalue weighted by atomic mass is 10.1. The second-order valence-electron chi connectivity index (χ2n) is 2.55. The normalized spacial score (nSPS) is 38.4. The molecule has 0 amide bonds. The third-order valence-electron chi connectivity index (χ3n) is 1.69. The summed E-state index contributed by atoms with van der Waals surface area (Å²) < 4.78 is 29.8. The molecule has 60 valence electrons. The van der Waals surface area contributed by atoms with E-state index in [-0.39, 0.29) is 13.0 Å². The smallest absolute Gasteiger partial charge is 0.276 e. The molecule has 1 N–H and O–H groups in total. The number of aliphatic hydroxyl groups excluding tert-OH is 1. The van der Waals surface area contributed by atoms with Crippen molar-refractivity contribution in [2.45, 2.75) is 31.5 Å². The van der Waals surface area contributed by atoms with Crippen LogP contribution in [0.5, 0.6) is 0 Å². The van der Waals surface area contributed by atoms with Gasteiger partial charge in [0.05, 0.1) is 12.7 Å². The topological polar surface area (TPSA) is 29.5 Å². The average Bonchev–Trinajstić information content (AvgIpc) is 2.08. The SMILES string of the molecule is C[C@H]1OC(CO)CC1(F)F. The van der Waals surface area contributed by atoms with Gasteiger partial charge in [0.15, 0.2) is 0 Å². The first-order valence-electron chi connectivity index (χ1n) is 3.20. The van der Waals surface area contributed by atoms with Crippen LogP contribution in [0.3, 0.4) is 0 Å². The quantitative estimate of drug-likeness (QED) is 0.602. The molecule has 0 spiro atoms. The van der Waals surface area contributed by atoms with Gasteiger partial charge < -0.3 is 9.84 Å². The lowest BCUT2D eigenvalue weighted by Gasteiger charge is -2.10. The Hall–Kier alpha value is -0.220. The molecule has 1 rings (SSSR count). The van der Waals surface area contributed by atoms with Crippen LogP contribution in [0.25, 0.3) is 0 Å². The standard InChI is InChI=1S/C6H10F2O2/c1-4-6(7,8)2-5(3-9)10-4/h4-5,9H,2-3H2,1H3/t4-,5?/m1/s1. The Morgan fingerprint density at radius 3 is 2.50 bits per heavy atom. The van der Waals surface area contributed by atoms with E-state index in [2.05, 4.69) is 0 Å². The Kier molecular flexibility index (Phi) is 1.92. The number of hydrogen-bond donors (Lipinski definition) is 1. The minimum atomic E-state index is -2.76. The molecule has 0 aromatic carbocycles. The van der Waals surface area contributed by atoms with E-state index in [4.69, 9.17) is 9.84 Å². The van der Waals surface area contributed by atoms with E-state index in [0.29, 0.717) is 0 Å². The van der Waals surface area contributed by atoms with Gasteiger partial charge in [-0.05, 0) is 6.92 Å². The molecule has 0 aliphatic carbocycles. The molecule has 1 heterocycles. The van der Waals surface area contributed by atoms with Crippen molar-refractivity contribution in [1.29, 1.82) is 0 Å². The van der Waals surface area contributed by atoms with E-state index in [1.807, 2.05) is 0 Å². The van der Waals surface area contributed by atoms with Gasteiger partial charge in [0.1, 0.15) is 6.10 Å². The van der Waals surface area contributed by atoms with Crippen LogP contribution in [0.1, 0.15) is 13.3 Å². The lowest BCUT2D eigenvalue weighted by Crippen LogP contribution is -2.24. The summed E-state index contributed by atoms with van der Waals surface area (Å²) in [6.45, 7) is 0.996. The maximum Gasteiger partial charge on any atom is 0.276 e. The predicted octanol–water partition coefficient (Wildman–Crippen LogP) is 0.791. The number of rotatable bonds is 1. The Balaban J connectivity index is 2.53. The highest BCUT2D eigenvalue weighted by molar-refractivity contribution is 4.85. The van der Waals surface area contributed by atoms with Gasteiger partial charge in [-0.2, -0.15) is 0 Å². The number of aliphatic hydroxyl groups is 1. The Morgan fingerprint density at radius 1 is 1.70 bits per heavy atom. The van der Waals surface area contributed by atoms with Crippen molar-refractivity contribution < 1.29 is 18.6 Å². The van der Waals surface area contributed by atoms with Crippen LogP contribution in [-0.4, -0.2) is 29.8 Å². The van der Waals surface area contributed by atoms with Gasteiger partial charge in [0.2, 0.25) is 0 Å². The monoisotopic (exact) mass is 152 g/mol. The summed E-state index contributed by atoms with van der Waals surface area (Å²) in [5.74, 6) is -2.76. The highest BCUT2D eigenvalue weighted by Gasteiger charge is 2.47. The molecule has 0 radical (unpaired) electrons. The number of hydrogen-bond acceptors (Lipinski definition) is 2. The zero-order valence-corrected chi connectivity index (χ0v) is 5.68. The first-order valence-corrected chi connectivity index (χ1v) is 3.20. The summed E-state index contributed by atoms with van der Waals surface area (Å²) in [5, 5.41) is 8.46. The van der Waals surface area contributed by atoms with Crippen LogP contribution in [0, 0.1) is 0 Å². The molecular weight excluding hydrogens is 142 g/mol. The molecular formula is C6H10F2O2. The molecule has 0 bridgehead atoms. The Bertz CT molecular complexity index is 127. The number of alkyl halides is 2. The molecule has 2 atom stereocenters. The maximum absolute atomic E-state index is 12.5. The van der Waals surface area contributed by atoms with Gasteiger partial charge in [0, 0.05) is 6.42 Å². The Morgan fingerprint density at radius 2 is 2.30 bits per heavy atom. The van der Waals surface area contributed by atoms with E-state index < -0.39 is 18.1 Å². The largest absolute Gasteiger partial charge is 0.394 e. The molecule has 0 aromatic rings. The molecule has 1 aliphatic rings. The average molecular weight is 152 g/mol. The zero-order valence-electron chi connectivity index (χ0n) is 5.68. The molecule has 0 saturated carbocycles. The number of ether oxygens (including phenoxy) is 1. The molecule has 0 aromatic heterocycles. The minimum Gasteiger partial charge on any atom is -0.394 e. The van der Waals surface area contributed by atoms with Crippen molar-refractivity contribution in [1.82, 2.24) is 0 Å². The van der Waals surface area contributed by atoms with Crippen molar-refractivity contribution in [2.24, 2.45) is 0 Å². The third kappa shape index (κ3) is 1.27. The summed E-state index contributed by atoms with van der Waals surface area (Å²) in [6, 6.07) is 0. The highest BCUT2D eigenvalue weighted by atomic mass is 19.3. The van der Waals surface area contributed by atoms with Crippen molar-refractivity contribution >= 4 is 0 Å². The third-order valence-corrected chi connectivity index (χ3v) is 1.69. The summed E-state index contributed by atoms with van der Waals surface area (Å²) >= 11 is 0. The molecule has 1 fully saturated rings. The van der Waals surface area contributed by atoms with Gasteiger partial charge >= 0.3 is 0 Å². The van der Waals surface area contributed by atoms with Crippen molar-refractivity contribution in [2.75, 3.05) is 6.61 Å². The second kappa shape index (κ2) is 2.43. The highest BCUT2D eigenvalue weighted by Crippen LogP contribution is 2.34. The van der Waals surface area contributed by atoms with Crippen LogP contribution in [0.15, 0.2) is 0 Å². The molecule has 1 aliphatic heterocycles. The van der Waals surface area contributed by atoms with E-state index in [0.717, 1.165) is 0 Å². The summed E-state index contributed by atoms with van der Waals surface area (Å²) in [7, 11) is 0. The predicted molar refractivity (Wildman–Crippen MR) is 31.0 cm³/mol. The van der Waals surface area contributed by atoms with Gasteiger partial charge in [-0.3, -0.25) is 0 Å². The fourth-order valence-electron chi connectivity index (χ4n) is 1.01. The van der Waals surface area contributed by atoms with E-state index in [1.54, 1.807) is 0 Å². The molecule has 1 unspecified atom stereocenters. The van der Waals surface area contributed by atoms with Crippen molar-refractivity contribution in [3.8, 4) is 0 Å². The van der Waals surface area contributed by atoms with E-state index in [9.17, 15) is 8.78 Å². The molecule has 1 saturated heterocycles. The van der Waals surface area contributed by atoms with Crippen LogP contribution < -0.4 is 0 Å². The second-order valence-corrected chi connectivity index (χ2v) is 2.55. The van der Waals surface area contributed by atoms with Gasteiger partial charge in [-0.15, -0.1) is 0 Å². The van der Waals surface area contributed by atoms with Crippen LogP contribution in [0.4, 0.5) is 8.78 Å². The fourth-order valence-corrected chi connectivity index (χ4v) is 1.01. The van der Waals surface area contributed by atoms with Gasteiger partial charge in [-0.25, -0.2) is 8.78 Å². The van der Waals surface area contributed by atoms with Gasteiger partial charge in [-0.1, -0.05) is 0 Å². The molecule has 4 heteroatoms. The van der Waals surface area contributed by atoms with Crippen LogP contribution in [-0.2, 0) is 4.74 Å². The zero-order chi connectivity index (χ0) is 7.78. The lowest BCUT2D eigenvalue weighted by molar-refractivity contribution is -0.0676. The first-order chi connectivity index (χ1) is 4.56. The van der Waals surface area contributed by atoms with Crippen LogP contribution in [0.2, 0.25) is 0 Å². The summed E-state index contributed by atoms with van der Waals surface area (Å²) in [4.78, 5) is 0. The first kappa shape index (κ1) is 7.88. The summed E-state index contributed by atoms with van der Waals surface area (Å²) in [5.41, 5.74) is 0. The summed E-state index contributed by atoms with van der Waals surface area (Å²) in [6.07, 6.45) is -2.08. The number of halogens is 2.